The van der Waals surface area contributed by atoms with Crippen LogP contribution in [0.3, 0.4) is 0 Å². The van der Waals surface area contributed by atoms with Crippen LogP contribution in [0, 0.1) is 20.8 Å². The average Bonchev–Trinajstić information content (AvgIpc) is 2.76. The van der Waals surface area contributed by atoms with Crippen LogP contribution in [0.5, 0.6) is 0 Å². The van der Waals surface area contributed by atoms with Crippen molar-refractivity contribution in [3.8, 4) is 0 Å². The second kappa shape index (κ2) is 10.5. The number of sulfonamides is 1. The first-order chi connectivity index (χ1) is 15.6. The van der Waals surface area contributed by atoms with E-state index in [0.717, 1.165) is 22.3 Å². The highest BCUT2D eigenvalue weighted by atomic mass is 35.5. The van der Waals surface area contributed by atoms with Gasteiger partial charge in [0.25, 0.3) is 0 Å². The van der Waals surface area contributed by atoms with Gasteiger partial charge in [0, 0.05) is 5.02 Å². The van der Waals surface area contributed by atoms with Gasteiger partial charge in [0.15, 0.2) is 0 Å². The number of carbonyl (C=O) groups excluding carboxylic acids is 1. The van der Waals surface area contributed by atoms with Crippen LogP contribution in [0.25, 0.3) is 0 Å². The van der Waals surface area contributed by atoms with Crippen molar-refractivity contribution in [2.24, 2.45) is 0 Å². The van der Waals surface area contributed by atoms with Crippen LogP contribution in [0.4, 0.5) is 0 Å². The summed E-state index contributed by atoms with van der Waals surface area (Å²) < 4.78 is 28.6. The number of amides is 1. The smallest absolute Gasteiger partial charge is 0.241 e. The van der Waals surface area contributed by atoms with Crippen LogP contribution in [0.2, 0.25) is 5.02 Å². The molecule has 7 heteroatoms. The number of benzene rings is 3. The van der Waals surface area contributed by atoms with Crippen molar-refractivity contribution in [2.45, 2.75) is 51.1 Å². The van der Waals surface area contributed by atoms with E-state index in [1.807, 2.05) is 51.1 Å². The summed E-state index contributed by atoms with van der Waals surface area (Å²) >= 11 is 5.89. The molecule has 3 aromatic carbocycles. The minimum atomic E-state index is -3.93. The molecule has 0 aliphatic heterocycles. The van der Waals surface area contributed by atoms with Gasteiger partial charge in [-0.25, -0.2) is 8.42 Å². The number of hydrogen-bond donors (Lipinski definition) is 2. The lowest BCUT2D eigenvalue weighted by Gasteiger charge is -2.23. The molecule has 0 spiro atoms. The van der Waals surface area contributed by atoms with E-state index in [-0.39, 0.29) is 23.3 Å². The third kappa shape index (κ3) is 6.44. The van der Waals surface area contributed by atoms with Crippen molar-refractivity contribution in [3.05, 3.63) is 99.6 Å². The van der Waals surface area contributed by atoms with Gasteiger partial charge in [-0.3, -0.25) is 4.79 Å². The van der Waals surface area contributed by atoms with Crippen LogP contribution >= 0.6 is 11.6 Å². The molecule has 0 fully saturated rings. The number of rotatable bonds is 8. The molecule has 0 unspecified atom stereocenters. The largest absolute Gasteiger partial charge is 0.348 e. The van der Waals surface area contributed by atoms with Gasteiger partial charge in [0.05, 0.1) is 10.9 Å². The van der Waals surface area contributed by atoms with Crippen molar-refractivity contribution in [1.82, 2.24) is 10.0 Å². The zero-order valence-corrected chi connectivity index (χ0v) is 20.8. The summed E-state index contributed by atoms with van der Waals surface area (Å²) in [4.78, 5) is 13.4. The Morgan fingerprint density at radius 3 is 2.15 bits per heavy atom. The summed E-state index contributed by atoms with van der Waals surface area (Å²) in [6.45, 7) is 8.00. The molecule has 0 saturated heterocycles. The number of aryl methyl sites for hydroxylation is 3. The Bertz CT molecular complexity index is 1230. The molecule has 2 atom stereocenters. The predicted octanol–water partition coefficient (Wildman–Crippen LogP) is 5.03. The fourth-order valence-electron chi connectivity index (χ4n) is 3.75. The van der Waals surface area contributed by atoms with Crippen molar-refractivity contribution in [3.63, 3.8) is 0 Å². The standard InChI is InChI=1S/C26H29ClN2O3S/c1-17-14-19(3)24(15-18(17)2)20(4)28-26(30)25(16-21-8-6-5-7-9-21)29-33(31,32)23-12-10-22(27)11-13-23/h5-15,20,25,29H,16H2,1-4H3,(H,28,30)/t20-,25+/m1/s1. The molecule has 5 nitrogen and oxygen atoms in total. The highest BCUT2D eigenvalue weighted by Crippen LogP contribution is 2.22. The van der Waals surface area contributed by atoms with E-state index in [2.05, 4.69) is 29.1 Å². The molecule has 0 aliphatic carbocycles. The minimum absolute atomic E-state index is 0.0517. The Morgan fingerprint density at radius 1 is 0.909 bits per heavy atom. The Labute approximate surface area is 201 Å². The summed E-state index contributed by atoms with van der Waals surface area (Å²) in [5, 5.41) is 3.44. The van der Waals surface area contributed by atoms with E-state index < -0.39 is 16.1 Å². The molecule has 2 N–H and O–H groups in total. The van der Waals surface area contributed by atoms with Gasteiger partial charge in [-0.15, -0.1) is 0 Å². The zero-order chi connectivity index (χ0) is 24.2. The quantitative estimate of drug-likeness (QED) is 0.470. The van der Waals surface area contributed by atoms with Gasteiger partial charge in [-0.1, -0.05) is 54.1 Å². The molecule has 0 aliphatic rings. The lowest BCUT2D eigenvalue weighted by molar-refractivity contribution is -0.123. The van der Waals surface area contributed by atoms with E-state index in [4.69, 9.17) is 11.6 Å². The Balaban J connectivity index is 1.86. The lowest BCUT2D eigenvalue weighted by atomic mass is 9.96. The van der Waals surface area contributed by atoms with Crippen LogP contribution in [0.15, 0.2) is 71.6 Å². The second-order valence-electron chi connectivity index (χ2n) is 8.34. The number of halogens is 1. The first-order valence-electron chi connectivity index (χ1n) is 10.8. The van der Waals surface area contributed by atoms with E-state index in [1.165, 1.54) is 29.8 Å². The Kier molecular flexibility index (Phi) is 7.95. The minimum Gasteiger partial charge on any atom is -0.348 e. The van der Waals surface area contributed by atoms with E-state index >= 15 is 0 Å². The molecule has 0 saturated carbocycles. The highest BCUT2D eigenvalue weighted by Gasteiger charge is 2.27. The normalized spacial score (nSPS) is 13.4. The van der Waals surface area contributed by atoms with Gasteiger partial charge >= 0.3 is 0 Å². The molecule has 174 valence electrons. The topological polar surface area (TPSA) is 75.3 Å². The first-order valence-corrected chi connectivity index (χ1v) is 12.6. The van der Waals surface area contributed by atoms with E-state index in [0.29, 0.717) is 5.02 Å². The summed E-state index contributed by atoms with van der Waals surface area (Å²) in [6.07, 6.45) is 0.220. The van der Waals surface area contributed by atoms with Gasteiger partial charge in [-0.2, -0.15) is 4.72 Å². The molecule has 33 heavy (non-hydrogen) atoms. The maximum Gasteiger partial charge on any atom is 0.241 e. The van der Waals surface area contributed by atoms with E-state index in [1.54, 1.807) is 0 Å². The van der Waals surface area contributed by atoms with Crippen LogP contribution in [-0.4, -0.2) is 20.4 Å². The van der Waals surface area contributed by atoms with Crippen LogP contribution < -0.4 is 10.0 Å². The maximum atomic E-state index is 13.3. The second-order valence-corrected chi connectivity index (χ2v) is 10.5. The average molecular weight is 485 g/mol. The summed E-state index contributed by atoms with van der Waals surface area (Å²) in [7, 11) is -3.93. The summed E-state index contributed by atoms with van der Waals surface area (Å²) in [5.41, 5.74) is 5.26. The fraction of sp³-hybridized carbons (Fsp3) is 0.269. The van der Waals surface area contributed by atoms with Crippen molar-refractivity contribution >= 4 is 27.5 Å². The summed E-state index contributed by atoms with van der Waals surface area (Å²) in [6, 6.07) is 18.1. The molecular weight excluding hydrogens is 456 g/mol. The van der Waals surface area contributed by atoms with Gasteiger partial charge in [0.1, 0.15) is 6.04 Å². The summed E-state index contributed by atoms with van der Waals surface area (Å²) in [5.74, 6) is -0.387. The number of carbonyl (C=O) groups is 1. The molecule has 3 aromatic rings. The monoisotopic (exact) mass is 484 g/mol. The predicted molar refractivity (Wildman–Crippen MR) is 133 cm³/mol. The zero-order valence-electron chi connectivity index (χ0n) is 19.2. The fourth-order valence-corrected chi connectivity index (χ4v) is 5.07. The third-order valence-corrected chi connectivity index (χ3v) is 7.47. The van der Waals surface area contributed by atoms with Crippen LogP contribution in [0.1, 0.15) is 40.8 Å². The molecule has 0 bridgehead atoms. The van der Waals surface area contributed by atoms with Gasteiger partial charge in [0.2, 0.25) is 15.9 Å². The maximum absolute atomic E-state index is 13.3. The lowest BCUT2D eigenvalue weighted by Crippen LogP contribution is -2.48. The Hall–Kier alpha value is -2.67. The molecule has 0 heterocycles. The first kappa shape index (κ1) is 25.0. The van der Waals surface area contributed by atoms with Crippen molar-refractivity contribution in [1.29, 1.82) is 0 Å². The molecule has 3 rings (SSSR count). The number of nitrogens with one attached hydrogen (secondary N) is 2. The van der Waals surface area contributed by atoms with Gasteiger partial charge < -0.3 is 5.32 Å². The molecule has 1 amide bonds. The van der Waals surface area contributed by atoms with Gasteiger partial charge in [-0.05, 0) is 86.2 Å². The molecule has 0 radical (unpaired) electrons. The van der Waals surface area contributed by atoms with Crippen LogP contribution in [-0.2, 0) is 21.2 Å². The third-order valence-electron chi connectivity index (χ3n) is 5.73. The SMILES string of the molecule is Cc1cc(C)c([C@@H](C)NC(=O)[C@H](Cc2ccccc2)NS(=O)(=O)c2ccc(Cl)cc2)cc1C. The van der Waals surface area contributed by atoms with Crippen molar-refractivity contribution in [2.75, 3.05) is 0 Å². The van der Waals surface area contributed by atoms with E-state index in [9.17, 15) is 13.2 Å². The molecule has 0 aromatic heterocycles. The number of hydrogen-bond acceptors (Lipinski definition) is 3. The van der Waals surface area contributed by atoms with Crippen molar-refractivity contribution < 1.29 is 13.2 Å². The highest BCUT2D eigenvalue weighted by molar-refractivity contribution is 7.89. The Morgan fingerprint density at radius 2 is 1.52 bits per heavy atom. The molecular formula is C26H29ClN2O3S.